The maximum absolute atomic E-state index is 4.15. The van der Waals surface area contributed by atoms with E-state index in [2.05, 4.69) is 43.3 Å². The first-order valence-corrected chi connectivity index (χ1v) is 4.16. The average Bonchev–Trinajstić information content (AvgIpc) is 2.46. The summed E-state index contributed by atoms with van der Waals surface area (Å²) < 4.78 is 1.95. The van der Waals surface area contributed by atoms with E-state index in [0.29, 0.717) is 0 Å². The number of nitrogens with zero attached hydrogens (tertiary/aromatic N) is 2. The van der Waals surface area contributed by atoms with Crippen molar-refractivity contribution in [1.29, 1.82) is 0 Å². The maximum atomic E-state index is 4.15. The van der Waals surface area contributed by atoms with Gasteiger partial charge in [0.15, 0.2) is 0 Å². The number of fused-ring (bicyclic) bond motifs is 1. The fourth-order valence-corrected chi connectivity index (χ4v) is 1.37. The predicted molar refractivity (Wildman–Crippen MR) is 55.4 cm³/mol. The van der Waals surface area contributed by atoms with Crippen molar-refractivity contribution in [3.8, 4) is 0 Å². The van der Waals surface area contributed by atoms with Gasteiger partial charge in [0.2, 0.25) is 0 Å². The zero-order valence-electron chi connectivity index (χ0n) is 9.04. The minimum atomic E-state index is 0. The first-order valence-electron chi connectivity index (χ1n) is 4.16. The third kappa shape index (κ3) is 1.56. The summed E-state index contributed by atoms with van der Waals surface area (Å²) in [5.74, 6) is 0. The summed E-state index contributed by atoms with van der Waals surface area (Å²) in [6.07, 6.45) is 2.99. The molecule has 0 fully saturated rings. The van der Waals surface area contributed by atoms with Crippen LogP contribution in [0, 0.1) is 20.5 Å². The van der Waals surface area contributed by atoms with Gasteiger partial charge in [-0.2, -0.15) is 6.07 Å². The second-order valence-corrected chi connectivity index (χ2v) is 2.95. The normalized spacial score (nSPS) is 9.29. The molecule has 0 bridgehead atoms. The molecule has 0 aliphatic rings. The summed E-state index contributed by atoms with van der Waals surface area (Å²) in [5, 5.41) is 5.25. The number of hydrogen-bond donors (Lipinski definition) is 0. The van der Waals surface area contributed by atoms with Crippen LogP contribution in [0.2, 0.25) is 0 Å². The SMILES string of the molecule is CCn1n[c-]c2cc(C)ccc21.[CH3-].[Rf]. The van der Waals surface area contributed by atoms with Crippen LogP contribution in [0.4, 0.5) is 0 Å². The molecule has 0 saturated heterocycles. The number of aromatic nitrogens is 2. The van der Waals surface area contributed by atoms with Crippen LogP contribution in [0.3, 0.4) is 0 Å². The molecule has 0 radical (unpaired) electrons. The van der Waals surface area contributed by atoms with Crippen molar-refractivity contribution < 1.29 is 0 Å². The molecule has 0 saturated carbocycles. The van der Waals surface area contributed by atoms with Crippen molar-refractivity contribution in [2.24, 2.45) is 0 Å². The third-order valence-electron chi connectivity index (χ3n) is 2.02. The van der Waals surface area contributed by atoms with E-state index in [1.807, 2.05) is 4.68 Å². The zero-order chi connectivity index (χ0) is 8.55. The summed E-state index contributed by atoms with van der Waals surface area (Å²) in [5.41, 5.74) is 2.43. The van der Waals surface area contributed by atoms with Gasteiger partial charge in [-0.05, 0) is 18.6 Å². The Labute approximate surface area is 79.2 Å². The molecule has 0 unspecified atom stereocenters. The van der Waals surface area contributed by atoms with Gasteiger partial charge in [-0.1, -0.05) is 19.1 Å². The van der Waals surface area contributed by atoms with Gasteiger partial charge in [-0.25, -0.2) is 0 Å². The van der Waals surface area contributed by atoms with Gasteiger partial charge in [0.05, 0.1) is 0 Å². The molecule has 2 nitrogen and oxygen atoms in total. The maximum Gasteiger partial charge on any atom is 0.0245 e. The van der Waals surface area contributed by atoms with Crippen LogP contribution >= 0.6 is 0 Å². The van der Waals surface area contributed by atoms with Crippen molar-refractivity contribution >= 4 is 10.9 Å². The standard InChI is InChI=1S/C10H11N2.CH3.Rf/c1-3-12-10-5-4-8(2)6-9(10)7-11-12;;/h4-6H,3H2,1-2H3;1H3;/q2*-1;. The number of benzene rings is 1. The largest absolute Gasteiger partial charge is 0.358 e. The number of aryl methyl sites for hydroxylation is 2. The summed E-state index contributed by atoms with van der Waals surface area (Å²) >= 11 is 0. The Hall–Kier alpha value is -2.31. The van der Waals surface area contributed by atoms with Crippen molar-refractivity contribution in [2.75, 3.05) is 0 Å². The Morgan fingerprint density at radius 1 is 1.43 bits per heavy atom. The molecule has 0 spiro atoms. The topological polar surface area (TPSA) is 17.8 Å². The minimum absolute atomic E-state index is 0. The number of rotatable bonds is 1. The van der Waals surface area contributed by atoms with E-state index in [-0.39, 0.29) is 7.43 Å². The van der Waals surface area contributed by atoms with Crippen LogP contribution in [0.15, 0.2) is 18.2 Å². The molecule has 14 heavy (non-hydrogen) atoms. The first-order chi connectivity index (χ1) is 5.81. The summed E-state index contributed by atoms with van der Waals surface area (Å²) in [6.45, 7) is 5.07. The van der Waals surface area contributed by atoms with Crippen LogP contribution in [-0.2, 0) is 6.54 Å². The van der Waals surface area contributed by atoms with Gasteiger partial charge in [0.25, 0.3) is 0 Å². The van der Waals surface area contributed by atoms with Crippen LogP contribution in [0.1, 0.15) is 12.5 Å². The van der Waals surface area contributed by atoms with E-state index in [9.17, 15) is 0 Å². The van der Waals surface area contributed by atoms with Crippen LogP contribution in [0.25, 0.3) is 10.9 Å². The molecule has 1 aromatic heterocycles. The molecule has 2 aromatic rings. The Morgan fingerprint density at radius 3 is 2.79 bits per heavy atom. The number of hydrogen-bond acceptors (Lipinski definition) is 1. The van der Waals surface area contributed by atoms with E-state index in [0.717, 1.165) is 11.9 Å². The molecule has 1 heterocycles. The van der Waals surface area contributed by atoms with E-state index >= 15 is 0 Å². The van der Waals surface area contributed by atoms with Crippen molar-refractivity contribution in [3.63, 3.8) is 0 Å². The molecule has 0 aliphatic carbocycles. The molecular weight excluding hydrogens is 427 g/mol. The van der Waals surface area contributed by atoms with Crippen LogP contribution in [0.5, 0.6) is 0 Å². The quantitative estimate of drug-likeness (QED) is 0.623. The fourth-order valence-electron chi connectivity index (χ4n) is 1.37. The van der Waals surface area contributed by atoms with Crippen LogP contribution < -0.4 is 0 Å². The van der Waals surface area contributed by atoms with E-state index in [4.69, 9.17) is 0 Å². The van der Waals surface area contributed by atoms with Gasteiger partial charge in [-0.3, -0.25) is 5.10 Å². The Balaban J connectivity index is 0.000000845. The molecule has 0 atom stereocenters. The van der Waals surface area contributed by atoms with Gasteiger partial charge < -0.3 is 12.1 Å². The Kier molecular flexibility index (Phi) is 3.40. The second kappa shape index (κ2) is 4.08. The third-order valence-corrected chi connectivity index (χ3v) is 2.02. The summed E-state index contributed by atoms with van der Waals surface area (Å²) in [6, 6.07) is 6.30. The van der Waals surface area contributed by atoms with Crippen molar-refractivity contribution in [3.05, 3.63) is 37.4 Å². The van der Waals surface area contributed by atoms with E-state index in [1.165, 1.54) is 11.1 Å². The molecule has 0 aliphatic heterocycles. The van der Waals surface area contributed by atoms with Crippen molar-refractivity contribution in [2.45, 2.75) is 20.4 Å². The average molecular weight is 441 g/mol. The monoisotopic (exact) mass is 441 g/mol. The molecule has 0 N–H and O–H groups in total. The summed E-state index contributed by atoms with van der Waals surface area (Å²) in [7, 11) is 0. The summed E-state index contributed by atoms with van der Waals surface area (Å²) in [4.78, 5) is 0. The van der Waals surface area contributed by atoms with Gasteiger partial charge in [0.1, 0.15) is 0 Å². The molecule has 1 aromatic carbocycles. The fraction of sp³-hybridized carbons (Fsp3) is 0.273. The predicted octanol–water partition coefficient (Wildman–Crippen LogP) is 2.62. The van der Waals surface area contributed by atoms with Crippen LogP contribution in [-0.4, -0.2) is 9.78 Å². The van der Waals surface area contributed by atoms with E-state index in [1.54, 1.807) is 0 Å². The molecular formula is C11H14N2Rf-2. The molecule has 2 rings (SSSR count). The Morgan fingerprint density at radius 2 is 2.14 bits per heavy atom. The second-order valence-electron chi connectivity index (χ2n) is 2.95. The van der Waals surface area contributed by atoms with Crippen molar-refractivity contribution in [1.82, 2.24) is 9.78 Å². The smallest absolute Gasteiger partial charge is 0.0245 e. The molecule has 72 valence electrons. The Bertz CT molecular complexity index is 407. The minimum Gasteiger partial charge on any atom is -0.358 e. The van der Waals surface area contributed by atoms with Gasteiger partial charge in [0, 0.05) is 6.54 Å². The van der Waals surface area contributed by atoms with E-state index < -0.39 is 0 Å². The van der Waals surface area contributed by atoms with Gasteiger partial charge >= 0.3 is 0 Å². The molecule has 0 amide bonds. The van der Waals surface area contributed by atoms with Gasteiger partial charge in [-0.15, -0.1) is 10.9 Å². The zero-order valence-corrected chi connectivity index (χ0v) is 15.4. The first kappa shape index (κ1) is 11.7. The molecule has 3 heteroatoms.